The molecule has 1 aliphatic rings. The highest BCUT2D eigenvalue weighted by molar-refractivity contribution is 7.74. The first kappa shape index (κ1) is 18.1. The summed E-state index contributed by atoms with van der Waals surface area (Å²) in [6.07, 6.45) is 12.8. The van der Waals surface area contributed by atoms with Gasteiger partial charge < -0.3 is 9.29 Å². The third-order valence-corrected chi connectivity index (χ3v) is 4.33. The van der Waals surface area contributed by atoms with Gasteiger partial charge in [0.2, 0.25) is 0 Å². The van der Waals surface area contributed by atoms with Crippen molar-refractivity contribution in [2.24, 2.45) is 0 Å². The fourth-order valence-corrected chi connectivity index (χ4v) is 3.13. The van der Waals surface area contributed by atoms with Gasteiger partial charge in [0.1, 0.15) is 0 Å². The van der Waals surface area contributed by atoms with Crippen molar-refractivity contribution in [3.63, 3.8) is 0 Å². The van der Waals surface area contributed by atoms with Gasteiger partial charge in [0, 0.05) is 13.0 Å². The van der Waals surface area contributed by atoms with E-state index < -0.39 is 11.4 Å². The van der Waals surface area contributed by atoms with E-state index >= 15 is 0 Å². The van der Waals surface area contributed by atoms with E-state index in [9.17, 15) is 8.76 Å². The Kier molecular flexibility index (Phi) is 10.5. The zero-order valence-electron chi connectivity index (χ0n) is 12.7. The molecule has 0 aromatic heterocycles. The predicted molar refractivity (Wildman–Crippen MR) is 80.0 cm³/mol. The highest BCUT2D eigenvalue weighted by atomic mass is 32.2. The number of hydrogen-bond acceptors (Lipinski definition) is 4. The summed E-state index contributed by atoms with van der Waals surface area (Å²) in [4.78, 5) is 0. The minimum absolute atomic E-state index is 0.170. The second-order valence-corrected chi connectivity index (χ2v) is 6.30. The third kappa shape index (κ3) is 9.06. The Hall–Kier alpha value is 0.0300. The van der Waals surface area contributed by atoms with Crippen molar-refractivity contribution < 1.29 is 17.7 Å². The number of unbranched alkanes of at least 4 members (excludes halogenated alkanes) is 7. The van der Waals surface area contributed by atoms with Gasteiger partial charge in [0.05, 0.1) is 23.6 Å². The van der Waals surface area contributed by atoms with Gasteiger partial charge in [-0.1, -0.05) is 51.9 Å². The molecule has 3 atom stereocenters. The van der Waals surface area contributed by atoms with Gasteiger partial charge in [0.15, 0.2) is 0 Å². The Bertz CT molecular complexity index is 260. The van der Waals surface area contributed by atoms with Gasteiger partial charge in [-0.05, 0) is 19.3 Å². The van der Waals surface area contributed by atoms with E-state index in [1.165, 1.54) is 44.9 Å². The monoisotopic (exact) mass is 305 g/mol. The second-order valence-electron chi connectivity index (χ2n) is 5.70. The molecule has 4 nitrogen and oxygen atoms in total. The minimum Gasteiger partial charge on any atom is -0.750 e. The van der Waals surface area contributed by atoms with Gasteiger partial charge >= 0.3 is 0 Å². The molecule has 1 rings (SSSR count). The lowest BCUT2D eigenvalue weighted by Crippen LogP contribution is -2.14. The Morgan fingerprint density at radius 3 is 2.25 bits per heavy atom. The van der Waals surface area contributed by atoms with Crippen molar-refractivity contribution in [1.82, 2.24) is 0 Å². The molecule has 3 unspecified atom stereocenters. The number of hydrogen-bond donors (Lipinski definition) is 0. The quantitative estimate of drug-likeness (QED) is 0.405. The lowest BCUT2D eigenvalue weighted by molar-refractivity contribution is 0.0477. The first-order valence-electron chi connectivity index (χ1n) is 8.10. The predicted octanol–water partition coefficient (Wildman–Crippen LogP) is 3.88. The lowest BCUT2D eigenvalue weighted by atomic mass is 10.1. The molecule has 0 spiro atoms. The molecule has 120 valence electrons. The van der Waals surface area contributed by atoms with E-state index in [0.29, 0.717) is 6.42 Å². The van der Waals surface area contributed by atoms with Crippen LogP contribution in [-0.2, 0) is 20.3 Å². The summed E-state index contributed by atoms with van der Waals surface area (Å²) in [6.45, 7) is 3.04. The van der Waals surface area contributed by atoms with E-state index in [1.807, 2.05) is 0 Å². The van der Waals surface area contributed by atoms with Crippen LogP contribution in [0.2, 0.25) is 0 Å². The fourth-order valence-electron chi connectivity index (χ4n) is 2.74. The summed E-state index contributed by atoms with van der Waals surface area (Å²) in [7, 11) is 0. The highest BCUT2D eigenvalue weighted by Crippen LogP contribution is 2.25. The number of rotatable bonds is 12. The van der Waals surface area contributed by atoms with Crippen molar-refractivity contribution in [2.45, 2.75) is 89.8 Å². The molecule has 0 bridgehead atoms. The normalized spacial score (nSPS) is 24.1. The van der Waals surface area contributed by atoms with Crippen LogP contribution < -0.4 is 0 Å². The SMILES string of the molecule is CCCCCCCCCCOC1CCC(OS(=O)[O-])C1. The van der Waals surface area contributed by atoms with Gasteiger partial charge in [-0.25, -0.2) is 4.21 Å². The van der Waals surface area contributed by atoms with Crippen LogP contribution in [0, 0.1) is 0 Å². The molecule has 1 saturated carbocycles. The van der Waals surface area contributed by atoms with Gasteiger partial charge in [-0.15, -0.1) is 0 Å². The largest absolute Gasteiger partial charge is 0.750 e. The molecular weight excluding hydrogens is 276 g/mol. The zero-order chi connectivity index (χ0) is 14.6. The molecular formula is C15H29O4S-. The summed E-state index contributed by atoms with van der Waals surface area (Å²) < 4.78 is 31.4. The Morgan fingerprint density at radius 1 is 1.00 bits per heavy atom. The van der Waals surface area contributed by atoms with Crippen LogP contribution in [0.3, 0.4) is 0 Å². The molecule has 1 fully saturated rings. The molecule has 0 amide bonds. The molecule has 0 radical (unpaired) electrons. The molecule has 0 saturated heterocycles. The minimum atomic E-state index is -2.39. The van der Waals surface area contributed by atoms with E-state index in [4.69, 9.17) is 8.92 Å². The lowest BCUT2D eigenvalue weighted by Gasteiger charge is -2.14. The smallest absolute Gasteiger partial charge is 0.0844 e. The van der Waals surface area contributed by atoms with Crippen LogP contribution in [0.4, 0.5) is 0 Å². The van der Waals surface area contributed by atoms with Crippen molar-refractivity contribution in [1.29, 1.82) is 0 Å². The molecule has 5 heteroatoms. The maximum atomic E-state index is 10.4. The zero-order valence-corrected chi connectivity index (χ0v) is 13.5. The highest BCUT2D eigenvalue weighted by Gasteiger charge is 2.26. The van der Waals surface area contributed by atoms with Crippen LogP contribution in [-0.4, -0.2) is 27.6 Å². The van der Waals surface area contributed by atoms with Crippen molar-refractivity contribution in [3.05, 3.63) is 0 Å². The summed E-state index contributed by atoms with van der Waals surface area (Å²) in [5.74, 6) is 0. The first-order valence-corrected chi connectivity index (χ1v) is 9.10. The molecule has 0 N–H and O–H groups in total. The molecule has 0 aliphatic heterocycles. The Labute approximate surface area is 126 Å². The first-order chi connectivity index (χ1) is 9.72. The van der Waals surface area contributed by atoms with Crippen LogP contribution in [0.1, 0.15) is 77.6 Å². The standard InChI is InChI=1S/C15H30O4S/c1-2-3-4-5-6-7-8-9-12-18-14-10-11-15(13-14)19-20(16)17/h14-15H,2-13H2,1H3,(H,16,17)/p-1. The molecule has 0 aromatic carbocycles. The second kappa shape index (κ2) is 11.7. The number of ether oxygens (including phenoxy) is 1. The van der Waals surface area contributed by atoms with Gasteiger partial charge in [-0.3, -0.25) is 4.18 Å². The fraction of sp³-hybridized carbons (Fsp3) is 1.00. The summed E-state index contributed by atoms with van der Waals surface area (Å²) in [5.41, 5.74) is 0. The average Bonchev–Trinajstić information content (AvgIpc) is 2.83. The van der Waals surface area contributed by atoms with E-state index in [2.05, 4.69) is 6.92 Å². The molecule has 0 heterocycles. The van der Waals surface area contributed by atoms with Crippen LogP contribution in [0.5, 0.6) is 0 Å². The van der Waals surface area contributed by atoms with Gasteiger partial charge in [0.25, 0.3) is 0 Å². The molecule has 0 aromatic rings. The van der Waals surface area contributed by atoms with Crippen LogP contribution in [0.25, 0.3) is 0 Å². The molecule has 1 aliphatic carbocycles. The van der Waals surface area contributed by atoms with Crippen LogP contribution in [0.15, 0.2) is 0 Å². The van der Waals surface area contributed by atoms with E-state index in [-0.39, 0.29) is 12.2 Å². The Balaban J connectivity index is 1.86. The van der Waals surface area contributed by atoms with Gasteiger partial charge in [-0.2, -0.15) is 0 Å². The van der Waals surface area contributed by atoms with Crippen molar-refractivity contribution in [3.8, 4) is 0 Å². The van der Waals surface area contributed by atoms with E-state index in [1.54, 1.807) is 0 Å². The average molecular weight is 305 g/mol. The molecule has 20 heavy (non-hydrogen) atoms. The summed E-state index contributed by atoms with van der Waals surface area (Å²) >= 11 is -2.39. The van der Waals surface area contributed by atoms with E-state index in [0.717, 1.165) is 25.9 Å². The maximum Gasteiger partial charge on any atom is 0.0844 e. The summed E-state index contributed by atoms with van der Waals surface area (Å²) in [6, 6.07) is 0. The van der Waals surface area contributed by atoms with Crippen LogP contribution >= 0.6 is 0 Å². The maximum absolute atomic E-state index is 10.4. The third-order valence-electron chi connectivity index (χ3n) is 3.90. The topological polar surface area (TPSA) is 58.6 Å². The Morgan fingerprint density at radius 2 is 1.60 bits per heavy atom. The summed E-state index contributed by atoms with van der Waals surface area (Å²) in [5, 5.41) is 0. The van der Waals surface area contributed by atoms with Crippen molar-refractivity contribution in [2.75, 3.05) is 6.61 Å². The van der Waals surface area contributed by atoms with Crippen molar-refractivity contribution >= 4 is 11.4 Å².